The van der Waals surface area contributed by atoms with E-state index in [1.54, 1.807) is 0 Å². The van der Waals surface area contributed by atoms with E-state index < -0.39 is 23.4 Å². The molecule has 3 aliphatic rings. The Bertz CT molecular complexity index is 706. The third-order valence-corrected chi connectivity index (χ3v) is 9.15. The molecule has 0 aromatic rings. The molecule has 5 nitrogen and oxygen atoms in total. The summed E-state index contributed by atoms with van der Waals surface area (Å²) in [5.74, 6) is 2.00. The van der Waals surface area contributed by atoms with Crippen LogP contribution in [0.3, 0.4) is 0 Å². The summed E-state index contributed by atoms with van der Waals surface area (Å²) < 4.78 is 5.03. The van der Waals surface area contributed by atoms with Crippen LogP contribution in [0.5, 0.6) is 0 Å². The molecule has 6 atom stereocenters. The van der Waals surface area contributed by atoms with Crippen LogP contribution in [0.2, 0.25) is 0 Å². The molecule has 3 aliphatic carbocycles. The molecule has 0 bridgehead atoms. The van der Waals surface area contributed by atoms with Gasteiger partial charge in [0.25, 0.3) is 0 Å². The van der Waals surface area contributed by atoms with Gasteiger partial charge in [-0.15, -0.1) is 0 Å². The highest BCUT2D eigenvalue weighted by atomic mass is 16.5. The molecule has 3 rings (SSSR count). The zero-order valence-electron chi connectivity index (χ0n) is 21.5. The number of hydrogen-bond donors (Lipinski definition) is 4. The van der Waals surface area contributed by atoms with Gasteiger partial charge in [0.05, 0.1) is 24.4 Å². The smallest absolute Gasteiger partial charge is 0.140 e. The van der Waals surface area contributed by atoms with Gasteiger partial charge in [0, 0.05) is 7.11 Å². The summed E-state index contributed by atoms with van der Waals surface area (Å²) in [6.07, 6.45) is 12.3. The van der Waals surface area contributed by atoms with Crippen LogP contribution < -0.4 is 0 Å². The lowest BCUT2D eigenvalue weighted by Crippen LogP contribution is -2.58. The first-order chi connectivity index (χ1) is 15.4. The maximum Gasteiger partial charge on any atom is 0.140 e. The van der Waals surface area contributed by atoms with Crippen LogP contribution >= 0.6 is 0 Å². The van der Waals surface area contributed by atoms with Gasteiger partial charge in [0.15, 0.2) is 0 Å². The van der Waals surface area contributed by atoms with Gasteiger partial charge >= 0.3 is 0 Å². The third-order valence-electron chi connectivity index (χ3n) is 9.15. The third kappa shape index (κ3) is 5.92. The van der Waals surface area contributed by atoms with Crippen LogP contribution in [0, 0.1) is 23.2 Å². The molecule has 4 N–H and O–H groups in total. The van der Waals surface area contributed by atoms with Gasteiger partial charge in [-0.25, -0.2) is 0 Å². The van der Waals surface area contributed by atoms with Crippen molar-refractivity contribution in [3.05, 3.63) is 23.3 Å². The molecule has 0 aromatic carbocycles. The molecule has 33 heavy (non-hydrogen) atoms. The minimum absolute atomic E-state index is 0.0699. The summed E-state index contributed by atoms with van der Waals surface area (Å²) in [5.41, 5.74) is 0.675. The molecule has 0 spiro atoms. The minimum Gasteiger partial charge on any atom is -0.390 e. The highest BCUT2D eigenvalue weighted by Gasteiger charge is 2.50. The van der Waals surface area contributed by atoms with Gasteiger partial charge in [-0.3, -0.25) is 0 Å². The van der Waals surface area contributed by atoms with Crippen LogP contribution in [0.15, 0.2) is 23.3 Å². The second-order valence-corrected chi connectivity index (χ2v) is 12.2. The lowest BCUT2D eigenvalue weighted by molar-refractivity contribution is -0.181. The number of ether oxygens (including phenoxy) is 1. The molecule has 0 amide bonds. The zero-order valence-corrected chi connectivity index (χ0v) is 21.5. The Morgan fingerprint density at radius 1 is 1.15 bits per heavy atom. The summed E-state index contributed by atoms with van der Waals surface area (Å²) in [4.78, 5) is 0. The molecule has 0 aliphatic heterocycles. The number of aliphatic hydroxyl groups excluding tert-OH is 2. The Morgan fingerprint density at radius 2 is 1.82 bits per heavy atom. The fourth-order valence-corrected chi connectivity index (χ4v) is 7.21. The van der Waals surface area contributed by atoms with E-state index in [9.17, 15) is 20.4 Å². The van der Waals surface area contributed by atoms with Crippen LogP contribution in [0.4, 0.5) is 0 Å². The standard InChI is InChI=1S/C28H48O5/c1-19(8-6-14-26(2,3)31)22-12-13-23-21(9-7-15-27(22,23)4)11-10-20-16-24(29)28(32,18-33-5)25(30)17-20/h10-11,19,22-25,29-32H,6-9,12-18H2,1-5H3/b20-10?,21-11+/t19-,22?,23?,24-,25-,27?,28?/m1/s1. The van der Waals surface area contributed by atoms with Gasteiger partial charge in [0.1, 0.15) is 5.60 Å². The van der Waals surface area contributed by atoms with Gasteiger partial charge in [0.2, 0.25) is 0 Å². The minimum atomic E-state index is -1.59. The van der Waals surface area contributed by atoms with Crippen molar-refractivity contribution in [2.24, 2.45) is 23.2 Å². The topological polar surface area (TPSA) is 90.2 Å². The first kappa shape index (κ1) is 26.9. The molecule has 0 aromatic heterocycles. The summed E-state index contributed by atoms with van der Waals surface area (Å²) in [7, 11) is 1.47. The second kappa shape index (κ2) is 10.5. The number of allylic oxidation sites excluding steroid dienone is 3. The van der Waals surface area contributed by atoms with Crippen molar-refractivity contribution in [1.29, 1.82) is 0 Å². The predicted molar refractivity (Wildman–Crippen MR) is 132 cm³/mol. The average molecular weight is 465 g/mol. The molecule has 0 radical (unpaired) electrons. The molecule has 3 saturated carbocycles. The van der Waals surface area contributed by atoms with E-state index in [1.165, 1.54) is 44.8 Å². The fourth-order valence-electron chi connectivity index (χ4n) is 7.21. The largest absolute Gasteiger partial charge is 0.390 e. The number of rotatable bonds is 8. The number of aliphatic hydroxyl groups is 4. The van der Waals surface area contributed by atoms with Crippen LogP contribution in [-0.2, 0) is 4.74 Å². The van der Waals surface area contributed by atoms with Crippen LogP contribution in [0.25, 0.3) is 0 Å². The Labute approximate surface area is 200 Å². The van der Waals surface area contributed by atoms with Gasteiger partial charge in [-0.1, -0.05) is 50.0 Å². The van der Waals surface area contributed by atoms with E-state index in [0.29, 0.717) is 30.1 Å². The maximum absolute atomic E-state index is 10.6. The lowest BCUT2D eigenvalue weighted by atomic mass is 9.60. The van der Waals surface area contributed by atoms with E-state index in [-0.39, 0.29) is 6.61 Å². The van der Waals surface area contributed by atoms with E-state index in [4.69, 9.17) is 4.74 Å². The fraction of sp³-hybridized carbons (Fsp3) is 0.857. The van der Waals surface area contributed by atoms with Crippen LogP contribution in [0.1, 0.15) is 91.9 Å². The highest BCUT2D eigenvalue weighted by molar-refractivity contribution is 5.27. The molecule has 3 fully saturated rings. The quantitative estimate of drug-likeness (QED) is 0.424. The molecule has 0 saturated heterocycles. The Kier molecular flexibility index (Phi) is 8.55. The monoisotopic (exact) mass is 464 g/mol. The summed E-state index contributed by atoms with van der Waals surface area (Å²) in [6, 6.07) is 0. The predicted octanol–water partition coefficient (Wildman–Crippen LogP) is 4.53. The molecule has 5 heteroatoms. The normalized spacial score (nSPS) is 39.5. The van der Waals surface area contributed by atoms with Crippen molar-refractivity contribution >= 4 is 0 Å². The Hall–Kier alpha value is -0.720. The van der Waals surface area contributed by atoms with Crippen molar-refractivity contribution in [3.63, 3.8) is 0 Å². The molecular weight excluding hydrogens is 416 g/mol. The number of methoxy groups -OCH3 is 1. The number of hydrogen-bond acceptors (Lipinski definition) is 5. The first-order valence-electron chi connectivity index (χ1n) is 13.1. The van der Waals surface area contributed by atoms with Gasteiger partial charge in [-0.05, 0) is 88.4 Å². The first-order valence-corrected chi connectivity index (χ1v) is 13.1. The molecule has 0 heterocycles. The van der Waals surface area contributed by atoms with Crippen molar-refractivity contribution in [3.8, 4) is 0 Å². The average Bonchev–Trinajstić information content (AvgIpc) is 3.07. The van der Waals surface area contributed by atoms with Gasteiger partial charge < -0.3 is 25.2 Å². The van der Waals surface area contributed by atoms with E-state index >= 15 is 0 Å². The Balaban J connectivity index is 1.68. The highest BCUT2D eigenvalue weighted by Crippen LogP contribution is 2.60. The lowest BCUT2D eigenvalue weighted by Gasteiger charge is -2.44. The van der Waals surface area contributed by atoms with Crippen LogP contribution in [-0.4, -0.2) is 57.6 Å². The van der Waals surface area contributed by atoms with Crippen molar-refractivity contribution in [1.82, 2.24) is 0 Å². The van der Waals surface area contributed by atoms with E-state index in [1.807, 2.05) is 13.8 Å². The van der Waals surface area contributed by atoms with Crippen molar-refractivity contribution < 1.29 is 25.2 Å². The number of fused-ring (bicyclic) bond motifs is 1. The van der Waals surface area contributed by atoms with Gasteiger partial charge in [-0.2, -0.15) is 0 Å². The van der Waals surface area contributed by atoms with Crippen molar-refractivity contribution in [2.45, 2.75) is 115 Å². The zero-order chi connectivity index (χ0) is 24.4. The second-order valence-electron chi connectivity index (χ2n) is 12.2. The SMILES string of the molecule is COCC1(O)[C@H](O)CC(=C/C=C2\CCCC3(C)C2CCC3[C@H](C)CCCC(C)(C)O)C[C@H]1O. The Morgan fingerprint density at radius 3 is 2.42 bits per heavy atom. The molecule has 3 unspecified atom stereocenters. The summed E-state index contributed by atoms with van der Waals surface area (Å²) in [5, 5.41) is 41.6. The van der Waals surface area contributed by atoms with Crippen molar-refractivity contribution in [2.75, 3.05) is 13.7 Å². The molecular formula is C28H48O5. The molecule has 190 valence electrons. The van der Waals surface area contributed by atoms with E-state index in [0.717, 1.165) is 30.8 Å². The summed E-state index contributed by atoms with van der Waals surface area (Å²) >= 11 is 0. The van der Waals surface area contributed by atoms with E-state index in [2.05, 4.69) is 26.0 Å². The summed E-state index contributed by atoms with van der Waals surface area (Å²) in [6.45, 7) is 8.65. The maximum atomic E-state index is 10.6.